The van der Waals surface area contributed by atoms with Gasteiger partial charge in [0.05, 0.1) is 12.8 Å². The molecule has 0 fully saturated rings. The van der Waals surface area contributed by atoms with Crippen LogP contribution in [0.5, 0.6) is 5.75 Å². The number of nitrogens with two attached hydrogens (primary N) is 1. The van der Waals surface area contributed by atoms with E-state index in [1.54, 1.807) is 6.07 Å². The highest BCUT2D eigenvalue weighted by atomic mass is 19.3. The molecule has 0 aliphatic heterocycles. The van der Waals surface area contributed by atoms with E-state index in [1.165, 1.54) is 19.2 Å². The van der Waals surface area contributed by atoms with E-state index in [1.807, 2.05) is 0 Å². The molecular formula is C8H9F2NO. The highest BCUT2D eigenvalue weighted by molar-refractivity contribution is 5.58. The molecule has 0 saturated carbocycles. The van der Waals surface area contributed by atoms with Crippen LogP contribution < -0.4 is 10.5 Å². The van der Waals surface area contributed by atoms with Crippen molar-refractivity contribution in [3.05, 3.63) is 23.8 Å². The molecule has 1 aromatic rings. The van der Waals surface area contributed by atoms with E-state index in [-0.39, 0.29) is 17.0 Å². The molecule has 0 bridgehead atoms. The third-order valence-corrected chi connectivity index (χ3v) is 1.55. The number of benzene rings is 1. The third-order valence-electron chi connectivity index (χ3n) is 1.55. The Hall–Kier alpha value is -1.32. The van der Waals surface area contributed by atoms with Crippen molar-refractivity contribution in [2.45, 2.75) is 6.43 Å². The molecule has 0 heterocycles. The predicted octanol–water partition coefficient (Wildman–Crippen LogP) is 2.21. The predicted molar refractivity (Wildman–Crippen MR) is 42.4 cm³/mol. The van der Waals surface area contributed by atoms with E-state index in [0.717, 1.165) is 0 Å². The zero-order valence-corrected chi connectivity index (χ0v) is 6.55. The number of nitrogen functional groups attached to an aromatic ring is 1. The Labute approximate surface area is 68.9 Å². The van der Waals surface area contributed by atoms with E-state index < -0.39 is 6.43 Å². The van der Waals surface area contributed by atoms with Crippen molar-refractivity contribution in [3.8, 4) is 5.75 Å². The zero-order valence-electron chi connectivity index (χ0n) is 6.55. The topological polar surface area (TPSA) is 35.2 Å². The third kappa shape index (κ3) is 1.47. The summed E-state index contributed by atoms with van der Waals surface area (Å²) >= 11 is 0. The second kappa shape index (κ2) is 3.38. The van der Waals surface area contributed by atoms with Gasteiger partial charge in [-0.05, 0) is 6.07 Å². The Kier molecular flexibility index (Phi) is 2.47. The highest BCUT2D eigenvalue weighted by Crippen LogP contribution is 2.31. The van der Waals surface area contributed by atoms with Gasteiger partial charge in [-0.25, -0.2) is 8.78 Å². The molecule has 2 N–H and O–H groups in total. The fourth-order valence-corrected chi connectivity index (χ4v) is 0.929. The molecule has 0 spiro atoms. The zero-order chi connectivity index (χ0) is 9.14. The number of halogens is 2. The van der Waals surface area contributed by atoms with Crippen molar-refractivity contribution >= 4 is 5.69 Å². The van der Waals surface area contributed by atoms with Gasteiger partial charge < -0.3 is 10.5 Å². The minimum Gasteiger partial charge on any atom is -0.495 e. The first-order chi connectivity index (χ1) is 5.66. The molecule has 1 aromatic carbocycles. The number of anilines is 1. The lowest BCUT2D eigenvalue weighted by Crippen LogP contribution is -1.97. The van der Waals surface area contributed by atoms with Crippen molar-refractivity contribution in [1.29, 1.82) is 0 Å². The smallest absolute Gasteiger partial charge is 0.265 e. The molecule has 12 heavy (non-hydrogen) atoms. The second-order valence-electron chi connectivity index (χ2n) is 2.26. The van der Waals surface area contributed by atoms with Crippen LogP contribution in [0.3, 0.4) is 0 Å². The lowest BCUT2D eigenvalue weighted by Gasteiger charge is -2.08. The lowest BCUT2D eigenvalue weighted by molar-refractivity contribution is 0.152. The maximum absolute atomic E-state index is 12.2. The van der Waals surface area contributed by atoms with Gasteiger partial charge in [-0.15, -0.1) is 0 Å². The summed E-state index contributed by atoms with van der Waals surface area (Å²) in [4.78, 5) is 0. The van der Waals surface area contributed by atoms with Gasteiger partial charge in [0.25, 0.3) is 6.43 Å². The Balaban J connectivity index is 3.14. The molecule has 0 unspecified atom stereocenters. The van der Waals surface area contributed by atoms with Gasteiger partial charge in [0.1, 0.15) is 5.75 Å². The van der Waals surface area contributed by atoms with Crippen LogP contribution in [0.1, 0.15) is 12.0 Å². The Morgan fingerprint density at radius 1 is 1.42 bits per heavy atom. The van der Waals surface area contributed by atoms with Crippen molar-refractivity contribution < 1.29 is 13.5 Å². The van der Waals surface area contributed by atoms with E-state index in [2.05, 4.69) is 0 Å². The summed E-state index contributed by atoms with van der Waals surface area (Å²) in [5.41, 5.74) is 5.21. The lowest BCUT2D eigenvalue weighted by atomic mass is 10.2. The molecule has 0 aliphatic rings. The molecular weight excluding hydrogens is 164 g/mol. The summed E-state index contributed by atoms with van der Waals surface area (Å²) in [7, 11) is 1.39. The van der Waals surface area contributed by atoms with E-state index in [9.17, 15) is 8.78 Å². The van der Waals surface area contributed by atoms with Crippen molar-refractivity contribution in [2.75, 3.05) is 12.8 Å². The van der Waals surface area contributed by atoms with Gasteiger partial charge in [-0.1, -0.05) is 12.1 Å². The van der Waals surface area contributed by atoms with Gasteiger partial charge in [-0.3, -0.25) is 0 Å². The molecule has 0 aromatic heterocycles. The van der Waals surface area contributed by atoms with Crippen molar-refractivity contribution in [1.82, 2.24) is 0 Å². The summed E-state index contributed by atoms with van der Waals surface area (Å²) in [5.74, 6) is 0.285. The summed E-state index contributed by atoms with van der Waals surface area (Å²) in [5, 5.41) is 0. The van der Waals surface area contributed by atoms with E-state index in [0.29, 0.717) is 0 Å². The van der Waals surface area contributed by atoms with Crippen LogP contribution in [-0.2, 0) is 0 Å². The van der Waals surface area contributed by atoms with Crippen LogP contribution in [0, 0.1) is 0 Å². The summed E-state index contributed by atoms with van der Waals surface area (Å²) in [6.07, 6.45) is -2.56. The van der Waals surface area contributed by atoms with Gasteiger partial charge in [0.2, 0.25) is 0 Å². The normalized spacial score (nSPS) is 10.3. The fourth-order valence-electron chi connectivity index (χ4n) is 0.929. The number of rotatable bonds is 2. The first-order valence-electron chi connectivity index (χ1n) is 3.37. The average Bonchev–Trinajstić information content (AvgIpc) is 2.04. The number of alkyl halides is 2. The summed E-state index contributed by atoms with van der Waals surface area (Å²) in [6.45, 7) is 0. The van der Waals surface area contributed by atoms with Crippen molar-refractivity contribution in [3.63, 3.8) is 0 Å². The highest BCUT2D eigenvalue weighted by Gasteiger charge is 2.13. The van der Waals surface area contributed by atoms with Gasteiger partial charge in [0, 0.05) is 5.56 Å². The molecule has 0 aliphatic carbocycles. The van der Waals surface area contributed by atoms with Gasteiger partial charge >= 0.3 is 0 Å². The molecule has 0 atom stereocenters. The van der Waals surface area contributed by atoms with Crippen LogP contribution in [0.2, 0.25) is 0 Å². The van der Waals surface area contributed by atoms with Gasteiger partial charge in [0.15, 0.2) is 0 Å². The minimum absolute atomic E-state index is 0.00926. The molecule has 1 rings (SSSR count). The van der Waals surface area contributed by atoms with Crippen LogP contribution in [-0.4, -0.2) is 7.11 Å². The molecule has 0 radical (unpaired) electrons. The van der Waals surface area contributed by atoms with E-state index >= 15 is 0 Å². The summed E-state index contributed by atoms with van der Waals surface area (Å²) < 4.78 is 29.2. The van der Waals surface area contributed by atoms with Crippen molar-refractivity contribution in [2.24, 2.45) is 0 Å². The molecule has 2 nitrogen and oxygen atoms in total. The number of methoxy groups -OCH3 is 1. The standard InChI is InChI=1S/C8H9F2NO/c1-12-6-4-2-3-5(7(6)11)8(9)10/h2-4,8H,11H2,1H3. The van der Waals surface area contributed by atoms with Crippen LogP contribution in [0.4, 0.5) is 14.5 Å². The first kappa shape index (κ1) is 8.77. The molecule has 0 amide bonds. The first-order valence-corrected chi connectivity index (χ1v) is 3.37. The minimum atomic E-state index is -2.56. The average molecular weight is 173 g/mol. The van der Waals surface area contributed by atoms with Crippen LogP contribution in [0.25, 0.3) is 0 Å². The van der Waals surface area contributed by atoms with Crippen LogP contribution >= 0.6 is 0 Å². The summed E-state index contributed by atoms with van der Waals surface area (Å²) in [6, 6.07) is 4.31. The number of hydrogen-bond donors (Lipinski definition) is 1. The maximum Gasteiger partial charge on any atom is 0.265 e. The van der Waals surface area contributed by atoms with Crippen LogP contribution in [0.15, 0.2) is 18.2 Å². The molecule has 4 heteroatoms. The molecule has 66 valence electrons. The Bertz CT molecular complexity index is 276. The Morgan fingerprint density at radius 3 is 2.58 bits per heavy atom. The maximum atomic E-state index is 12.2. The molecule has 0 saturated heterocycles. The van der Waals surface area contributed by atoms with E-state index in [4.69, 9.17) is 10.5 Å². The fraction of sp³-hybridized carbons (Fsp3) is 0.250. The number of hydrogen-bond acceptors (Lipinski definition) is 2. The monoisotopic (exact) mass is 173 g/mol. The second-order valence-corrected chi connectivity index (χ2v) is 2.26. The SMILES string of the molecule is COc1cccc(C(F)F)c1N. The quantitative estimate of drug-likeness (QED) is 0.696. The Morgan fingerprint density at radius 2 is 2.08 bits per heavy atom. The number of para-hydroxylation sites is 1. The largest absolute Gasteiger partial charge is 0.495 e. The van der Waals surface area contributed by atoms with Gasteiger partial charge in [-0.2, -0.15) is 0 Å². The number of ether oxygens (including phenoxy) is 1.